The predicted molar refractivity (Wildman–Crippen MR) is 108 cm³/mol. The van der Waals surface area contributed by atoms with Crippen LogP contribution < -0.4 is 5.32 Å². The van der Waals surface area contributed by atoms with Crippen LogP contribution in [0.1, 0.15) is 41.9 Å². The van der Waals surface area contributed by atoms with Crippen LogP contribution in [0.25, 0.3) is 11.1 Å². The van der Waals surface area contributed by atoms with E-state index in [4.69, 9.17) is 16.0 Å². The van der Waals surface area contributed by atoms with Gasteiger partial charge in [-0.2, -0.15) is 0 Å². The quantitative estimate of drug-likeness (QED) is 0.693. The molecule has 0 spiro atoms. The number of oxazole rings is 1. The Kier molecular flexibility index (Phi) is 5.03. The van der Waals surface area contributed by atoms with Crippen LogP contribution in [0.15, 0.2) is 46.9 Å². The van der Waals surface area contributed by atoms with Crippen molar-refractivity contribution in [2.75, 3.05) is 25.0 Å². The molecule has 1 aliphatic rings. The van der Waals surface area contributed by atoms with E-state index in [1.54, 1.807) is 12.1 Å². The van der Waals surface area contributed by atoms with E-state index in [0.717, 1.165) is 42.7 Å². The number of rotatable bonds is 4. The summed E-state index contributed by atoms with van der Waals surface area (Å²) in [6.45, 7) is 4.08. The van der Waals surface area contributed by atoms with Crippen LogP contribution in [0.5, 0.6) is 0 Å². The van der Waals surface area contributed by atoms with Crippen molar-refractivity contribution in [3.63, 3.8) is 0 Å². The van der Waals surface area contributed by atoms with Gasteiger partial charge < -0.3 is 14.6 Å². The molecule has 6 heteroatoms. The molecule has 1 aromatic heterocycles. The first kappa shape index (κ1) is 17.9. The third-order valence-corrected chi connectivity index (χ3v) is 5.18. The molecule has 2 heterocycles. The van der Waals surface area contributed by atoms with Crippen molar-refractivity contribution < 1.29 is 9.21 Å². The summed E-state index contributed by atoms with van der Waals surface area (Å²) in [6.07, 6.45) is 1.89. The predicted octanol–water partition coefficient (Wildman–Crippen LogP) is 4.93. The van der Waals surface area contributed by atoms with Gasteiger partial charge in [0.2, 0.25) is 0 Å². The molecule has 1 unspecified atom stereocenters. The standard InChI is InChI=1S/C21H22ClN3O2/c1-2-23-17-10-9-15(22)12-16(17)21(26)25-11-5-6-14(13-25)20-24-18-7-3-4-8-19(18)27-20/h3-4,7-10,12,14,23H,2,5-6,11,13H2,1H3. The largest absolute Gasteiger partial charge is 0.440 e. The topological polar surface area (TPSA) is 58.4 Å². The molecule has 2 aromatic carbocycles. The van der Waals surface area contributed by atoms with Crippen molar-refractivity contribution in [2.24, 2.45) is 0 Å². The molecule has 1 atom stereocenters. The third-order valence-electron chi connectivity index (χ3n) is 4.95. The molecule has 3 aromatic rings. The van der Waals surface area contributed by atoms with Crippen LogP contribution in [-0.2, 0) is 0 Å². The molecule has 140 valence electrons. The van der Waals surface area contributed by atoms with Crippen LogP contribution in [-0.4, -0.2) is 35.4 Å². The fraction of sp³-hybridized carbons (Fsp3) is 0.333. The van der Waals surface area contributed by atoms with Crippen molar-refractivity contribution in [1.29, 1.82) is 0 Å². The zero-order valence-corrected chi connectivity index (χ0v) is 16.0. The van der Waals surface area contributed by atoms with Gasteiger partial charge in [0.25, 0.3) is 5.91 Å². The number of carbonyl (C=O) groups excluding carboxylic acids is 1. The lowest BCUT2D eigenvalue weighted by Crippen LogP contribution is -2.39. The first-order valence-electron chi connectivity index (χ1n) is 9.34. The maximum absolute atomic E-state index is 13.2. The van der Waals surface area contributed by atoms with E-state index in [-0.39, 0.29) is 11.8 Å². The highest BCUT2D eigenvalue weighted by Crippen LogP contribution is 2.31. The van der Waals surface area contributed by atoms with Gasteiger partial charge >= 0.3 is 0 Å². The number of aromatic nitrogens is 1. The number of fused-ring (bicyclic) bond motifs is 1. The van der Waals surface area contributed by atoms with Crippen molar-refractivity contribution in [3.05, 3.63) is 58.9 Å². The Balaban J connectivity index is 1.57. The molecule has 0 saturated carbocycles. The SMILES string of the molecule is CCNc1ccc(Cl)cc1C(=O)N1CCCC(c2nc3ccccc3o2)C1. The van der Waals surface area contributed by atoms with Gasteiger partial charge in [0.05, 0.1) is 11.5 Å². The number of benzene rings is 2. The molecule has 0 radical (unpaired) electrons. The van der Waals surface area contributed by atoms with Gasteiger partial charge in [-0.15, -0.1) is 0 Å². The second-order valence-corrected chi connectivity index (χ2v) is 7.27. The Morgan fingerprint density at radius 3 is 3.00 bits per heavy atom. The fourth-order valence-corrected chi connectivity index (χ4v) is 3.81. The van der Waals surface area contributed by atoms with Gasteiger partial charge in [0, 0.05) is 30.3 Å². The number of nitrogens with one attached hydrogen (secondary N) is 1. The van der Waals surface area contributed by atoms with Gasteiger partial charge in [-0.3, -0.25) is 4.79 Å². The monoisotopic (exact) mass is 383 g/mol. The average Bonchev–Trinajstić information content (AvgIpc) is 3.13. The van der Waals surface area contributed by atoms with Crippen LogP contribution in [0.2, 0.25) is 5.02 Å². The molecule has 1 N–H and O–H groups in total. The van der Waals surface area contributed by atoms with Gasteiger partial charge in [0.15, 0.2) is 11.5 Å². The Morgan fingerprint density at radius 1 is 1.33 bits per heavy atom. The first-order chi connectivity index (χ1) is 13.2. The molecule has 1 aliphatic heterocycles. The fourth-order valence-electron chi connectivity index (χ4n) is 3.64. The molecular weight excluding hydrogens is 362 g/mol. The number of piperidine rings is 1. The number of hydrogen-bond donors (Lipinski definition) is 1. The molecule has 4 rings (SSSR count). The third kappa shape index (κ3) is 3.65. The molecule has 1 amide bonds. The number of para-hydroxylation sites is 2. The summed E-state index contributed by atoms with van der Waals surface area (Å²) in [5.74, 6) is 0.817. The minimum atomic E-state index is -0.00531. The smallest absolute Gasteiger partial charge is 0.256 e. The highest BCUT2D eigenvalue weighted by Gasteiger charge is 2.29. The number of hydrogen-bond acceptors (Lipinski definition) is 4. The van der Waals surface area contributed by atoms with E-state index in [9.17, 15) is 4.79 Å². The van der Waals surface area contributed by atoms with Crippen molar-refractivity contribution in [3.8, 4) is 0 Å². The van der Waals surface area contributed by atoms with Gasteiger partial charge in [-0.05, 0) is 50.1 Å². The Bertz CT molecular complexity index is 936. The number of halogens is 1. The van der Waals surface area contributed by atoms with E-state index in [1.165, 1.54) is 0 Å². The van der Waals surface area contributed by atoms with E-state index >= 15 is 0 Å². The number of anilines is 1. The van der Waals surface area contributed by atoms with Gasteiger partial charge in [-0.25, -0.2) is 4.98 Å². The minimum Gasteiger partial charge on any atom is -0.440 e. The van der Waals surface area contributed by atoms with Gasteiger partial charge in [-0.1, -0.05) is 23.7 Å². The number of amides is 1. The lowest BCUT2D eigenvalue weighted by atomic mass is 9.97. The Labute approximate surface area is 163 Å². The second kappa shape index (κ2) is 7.61. The molecule has 0 bridgehead atoms. The molecular formula is C21H22ClN3O2. The summed E-state index contributed by atoms with van der Waals surface area (Å²) in [6, 6.07) is 13.2. The molecule has 0 aliphatic carbocycles. The van der Waals surface area contributed by atoms with E-state index in [2.05, 4.69) is 10.3 Å². The number of nitrogens with zero attached hydrogens (tertiary/aromatic N) is 2. The summed E-state index contributed by atoms with van der Waals surface area (Å²) in [7, 11) is 0. The zero-order valence-electron chi connectivity index (χ0n) is 15.2. The van der Waals surface area contributed by atoms with E-state index in [0.29, 0.717) is 23.0 Å². The van der Waals surface area contributed by atoms with E-state index < -0.39 is 0 Å². The van der Waals surface area contributed by atoms with Crippen LogP contribution >= 0.6 is 11.6 Å². The molecule has 1 saturated heterocycles. The average molecular weight is 384 g/mol. The number of likely N-dealkylation sites (tertiary alicyclic amines) is 1. The van der Waals surface area contributed by atoms with Crippen molar-refractivity contribution >= 4 is 34.3 Å². The normalized spacial score (nSPS) is 17.3. The second-order valence-electron chi connectivity index (χ2n) is 6.83. The van der Waals surface area contributed by atoms with E-state index in [1.807, 2.05) is 42.2 Å². The first-order valence-corrected chi connectivity index (χ1v) is 9.71. The van der Waals surface area contributed by atoms with Crippen molar-refractivity contribution in [1.82, 2.24) is 9.88 Å². The molecule has 27 heavy (non-hydrogen) atoms. The maximum atomic E-state index is 13.2. The van der Waals surface area contributed by atoms with Gasteiger partial charge in [0.1, 0.15) is 5.52 Å². The summed E-state index contributed by atoms with van der Waals surface area (Å²) < 4.78 is 5.94. The summed E-state index contributed by atoms with van der Waals surface area (Å²) in [5.41, 5.74) is 3.08. The molecule has 5 nitrogen and oxygen atoms in total. The highest BCUT2D eigenvalue weighted by atomic mass is 35.5. The minimum absolute atomic E-state index is 0.00531. The number of carbonyl (C=O) groups is 1. The summed E-state index contributed by atoms with van der Waals surface area (Å²) >= 11 is 6.15. The van der Waals surface area contributed by atoms with Crippen LogP contribution in [0.4, 0.5) is 5.69 Å². The van der Waals surface area contributed by atoms with Crippen molar-refractivity contribution in [2.45, 2.75) is 25.7 Å². The van der Waals surface area contributed by atoms with Crippen LogP contribution in [0.3, 0.4) is 0 Å². The van der Waals surface area contributed by atoms with Crippen LogP contribution in [0, 0.1) is 0 Å². The molecule has 1 fully saturated rings. The Morgan fingerprint density at radius 2 is 2.19 bits per heavy atom. The lowest BCUT2D eigenvalue weighted by Gasteiger charge is -2.32. The summed E-state index contributed by atoms with van der Waals surface area (Å²) in [4.78, 5) is 19.7. The zero-order chi connectivity index (χ0) is 18.8. The Hall–Kier alpha value is -2.53. The lowest BCUT2D eigenvalue weighted by molar-refractivity contribution is 0.0700. The highest BCUT2D eigenvalue weighted by molar-refractivity contribution is 6.31. The summed E-state index contributed by atoms with van der Waals surface area (Å²) in [5, 5.41) is 3.81. The maximum Gasteiger partial charge on any atom is 0.256 e.